The molecule has 1 aliphatic rings. The lowest BCUT2D eigenvalue weighted by Crippen LogP contribution is -2.48. The molecule has 100 valence electrons. The molecule has 1 unspecified atom stereocenters. The minimum absolute atomic E-state index is 0.126. The van der Waals surface area contributed by atoms with Gasteiger partial charge in [0.25, 0.3) is 0 Å². The second-order valence-corrected chi connectivity index (χ2v) is 5.27. The van der Waals surface area contributed by atoms with Crippen LogP contribution in [-0.2, 0) is 4.79 Å². The van der Waals surface area contributed by atoms with Crippen LogP contribution in [0.4, 0.5) is 10.1 Å². The first-order valence-corrected chi connectivity index (χ1v) is 6.79. The standard InChI is InChI=1S/C13H13BrFN3O/c14-11-8(7-16)4-5-9(12(11)15)18-6-2-1-3-10(18)13(17)19/h4-5,10H,1-3,6H2,(H2,17,19). The van der Waals surface area contributed by atoms with Crippen LogP contribution in [0.2, 0.25) is 0 Å². The van der Waals surface area contributed by atoms with Crippen molar-refractivity contribution >= 4 is 27.5 Å². The summed E-state index contributed by atoms with van der Waals surface area (Å²) in [7, 11) is 0. The van der Waals surface area contributed by atoms with E-state index in [2.05, 4.69) is 15.9 Å². The minimum Gasteiger partial charge on any atom is -0.368 e. The average molecular weight is 326 g/mol. The zero-order valence-electron chi connectivity index (χ0n) is 10.2. The number of nitrogens with two attached hydrogens (primary N) is 1. The Morgan fingerprint density at radius 2 is 2.26 bits per heavy atom. The first kappa shape index (κ1) is 13.8. The van der Waals surface area contributed by atoms with Crippen LogP contribution in [0.25, 0.3) is 0 Å². The largest absolute Gasteiger partial charge is 0.368 e. The van der Waals surface area contributed by atoms with Crippen LogP contribution >= 0.6 is 15.9 Å². The number of halogens is 2. The molecule has 0 spiro atoms. The van der Waals surface area contributed by atoms with E-state index >= 15 is 0 Å². The predicted octanol–water partition coefficient (Wildman–Crippen LogP) is 2.30. The minimum atomic E-state index is -0.521. The Kier molecular flexibility index (Phi) is 4.05. The number of anilines is 1. The number of benzene rings is 1. The van der Waals surface area contributed by atoms with Crippen LogP contribution in [0, 0.1) is 17.1 Å². The van der Waals surface area contributed by atoms with Crippen molar-refractivity contribution < 1.29 is 9.18 Å². The highest BCUT2D eigenvalue weighted by atomic mass is 79.9. The van der Waals surface area contributed by atoms with Crippen molar-refractivity contribution in [2.24, 2.45) is 5.73 Å². The summed E-state index contributed by atoms with van der Waals surface area (Å²) >= 11 is 3.07. The van der Waals surface area contributed by atoms with Crippen molar-refractivity contribution in [2.45, 2.75) is 25.3 Å². The second-order valence-electron chi connectivity index (χ2n) is 4.48. The summed E-state index contributed by atoms with van der Waals surface area (Å²) in [6.07, 6.45) is 2.43. The van der Waals surface area contributed by atoms with Gasteiger partial charge in [-0.15, -0.1) is 0 Å². The van der Waals surface area contributed by atoms with E-state index in [0.29, 0.717) is 18.7 Å². The summed E-state index contributed by atoms with van der Waals surface area (Å²) in [5.41, 5.74) is 5.92. The first-order valence-electron chi connectivity index (χ1n) is 6.00. The van der Waals surface area contributed by atoms with Crippen molar-refractivity contribution in [1.82, 2.24) is 0 Å². The molecule has 19 heavy (non-hydrogen) atoms. The predicted molar refractivity (Wildman–Crippen MR) is 73.0 cm³/mol. The van der Waals surface area contributed by atoms with E-state index in [1.807, 2.05) is 6.07 Å². The molecule has 1 heterocycles. The molecule has 1 aromatic rings. The zero-order valence-corrected chi connectivity index (χ0v) is 11.8. The number of carbonyl (C=O) groups excluding carboxylic acids is 1. The molecule has 0 aromatic heterocycles. The Labute approximate surface area is 119 Å². The monoisotopic (exact) mass is 325 g/mol. The summed E-state index contributed by atoms with van der Waals surface area (Å²) in [6.45, 7) is 0.586. The van der Waals surface area contributed by atoms with Crippen LogP contribution in [0.15, 0.2) is 16.6 Å². The van der Waals surface area contributed by atoms with Crippen molar-refractivity contribution in [1.29, 1.82) is 5.26 Å². The Balaban J connectivity index is 2.43. The second kappa shape index (κ2) is 5.57. The van der Waals surface area contributed by atoms with Gasteiger partial charge in [0.2, 0.25) is 5.91 Å². The van der Waals surface area contributed by atoms with Crippen molar-refractivity contribution in [3.05, 3.63) is 28.0 Å². The number of carbonyl (C=O) groups is 1. The number of hydrogen-bond acceptors (Lipinski definition) is 3. The van der Waals surface area contributed by atoms with Gasteiger partial charge in [-0.2, -0.15) is 5.26 Å². The molecule has 1 saturated heterocycles. The van der Waals surface area contributed by atoms with E-state index in [1.54, 1.807) is 4.90 Å². The van der Waals surface area contributed by atoms with Gasteiger partial charge >= 0.3 is 0 Å². The molecule has 0 radical (unpaired) electrons. The maximum atomic E-state index is 14.3. The highest BCUT2D eigenvalue weighted by molar-refractivity contribution is 9.10. The molecule has 4 nitrogen and oxygen atoms in total. The molecule has 1 atom stereocenters. The molecule has 1 amide bonds. The van der Waals surface area contributed by atoms with Crippen LogP contribution < -0.4 is 10.6 Å². The molecule has 0 aliphatic carbocycles. The number of primary amides is 1. The lowest BCUT2D eigenvalue weighted by atomic mass is 10.0. The quantitative estimate of drug-likeness (QED) is 0.907. The molecule has 0 saturated carbocycles. The van der Waals surface area contributed by atoms with Gasteiger partial charge in [-0.25, -0.2) is 4.39 Å². The number of amides is 1. The summed E-state index contributed by atoms with van der Waals surface area (Å²) in [5, 5.41) is 8.85. The van der Waals surface area contributed by atoms with E-state index in [9.17, 15) is 9.18 Å². The Bertz CT molecular complexity index is 556. The van der Waals surface area contributed by atoms with Gasteiger partial charge < -0.3 is 10.6 Å². The maximum Gasteiger partial charge on any atom is 0.240 e. The third-order valence-electron chi connectivity index (χ3n) is 3.32. The molecule has 1 aliphatic heterocycles. The topological polar surface area (TPSA) is 70.1 Å². The van der Waals surface area contributed by atoms with Crippen LogP contribution in [0.5, 0.6) is 0 Å². The van der Waals surface area contributed by atoms with Gasteiger partial charge in [-0.3, -0.25) is 4.79 Å². The number of nitrogens with zero attached hydrogens (tertiary/aromatic N) is 2. The number of rotatable bonds is 2. The van der Waals surface area contributed by atoms with Gasteiger partial charge in [-0.1, -0.05) is 0 Å². The smallest absolute Gasteiger partial charge is 0.240 e. The Hall–Kier alpha value is -1.61. The SMILES string of the molecule is N#Cc1ccc(N2CCCCC2C(N)=O)c(F)c1Br. The van der Waals surface area contributed by atoms with Gasteiger partial charge in [0.1, 0.15) is 12.1 Å². The maximum absolute atomic E-state index is 14.3. The fourth-order valence-electron chi connectivity index (χ4n) is 2.36. The van der Waals surface area contributed by atoms with Crippen LogP contribution in [0.3, 0.4) is 0 Å². The summed E-state index contributed by atoms with van der Waals surface area (Å²) in [4.78, 5) is 13.1. The molecule has 6 heteroatoms. The van der Waals surface area contributed by atoms with E-state index in [4.69, 9.17) is 11.0 Å². The Morgan fingerprint density at radius 1 is 1.53 bits per heavy atom. The van der Waals surface area contributed by atoms with Gasteiger partial charge in [0.15, 0.2) is 5.82 Å². The van der Waals surface area contributed by atoms with Gasteiger partial charge in [0.05, 0.1) is 15.7 Å². The van der Waals surface area contributed by atoms with E-state index < -0.39 is 17.8 Å². The highest BCUT2D eigenvalue weighted by Gasteiger charge is 2.29. The van der Waals surface area contributed by atoms with Crippen LogP contribution in [0.1, 0.15) is 24.8 Å². The van der Waals surface area contributed by atoms with Crippen molar-refractivity contribution in [3.8, 4) is 6.07 Å². The van der Waals surface area contributed by atoms with Gasteiger partial charge in [0, 0.05) is 6.54 Å². The summed E-state index contributed by atoms with van der Waals surface area (Å²) in [5.74, 6) is -0.966. The molecular formula is C13H13BrFN3O. The van der Waals surface area contributed by atoms with Gasteiger partial charge in [-0.05, 0) is 47.3 Å². The van der Waals surface area contributed by atoms with Crippen LogP contribution in [-0.4, -0.2) is 18.5 Å². The average Bonchev–Trinajstić information content (AvgIpc) is 2.42. The molecule has 1 fully saturated rings. The third kappa shape index (κ3) is 2.56. The summed E-state index contributed by atoms with van der Waals surface area (Å²) < 4.78 is 14.4. The normalized spacial score (nSPS) is 19.0. The Morgan fingerprint density at radius 3 is 2.89 bits per heavy atom. The number of hydrogen-bond donors (Lipinski definition) is 1. The molecule has 1 aromatic carbocycles. The molecular weight excluding hydrogens is 313 g/mol. The lowest BCUT2D eigenvalue weighted by Gasteiger charge is -2.35. The number of nitriles is 1. The zero-order chi connectivity index (χ0) is 14.0. The van der Waals surface area contributed by atoms with Crippen molar-refractivity contribution in [3.63, 3.8) is 0 Å². The molecule has 0 bridgehead atoms. The van der Waals surface area contributed by atoms with E-state index in [1.165, 1.54) is 12.1 Å². The fourth-order valence-corrected chi connectivity index (χ4v) is 2.79. The van der Waals surface area contributed by atoms with E-state index in [-0.39, 0.29) is 10.0 Å². The third-order valence-corrected chi connectivity index (χ3v) is 4.10. The molecule has 2 rings (SSSR count). The lowest BCUT2D eigenvalue weighted by molar-refractivity contribution is -0.119. The fraction of sp³-hybridized carbons (Fsp3) is 0.385. The number of piperidine rings is 1. The van der Waals surface area contributed by atoms with E-state index in [0.717, 1.165) is 12.8 Å². The van der Waals surface area contributed by atoms with Crippen molar-refractivity contribution in [2.75, 3.05) is 11.4 Å². The molecule has 2 N–H and O–H groups in total. The highest BCUT2D eigenvalue weighted by Crippen LogP contribution is 2.32. The first-order chi connectivity index (χ1) is 9.06. The summed E-state index contributed by atoms with van der Waals surface area (Å²) in [6, 6.07) is 4.48.